The first-order chi connectivity index (χ1) is 8.07. The Morgan fingerprint density at radius 2 is 2.11 bits per heavy atom. The first-order valence-corrected chi connectivity index (χ1v) is 7.05. The van der Waals surface area contributed by atoms with Crippen LogP contribution in [-0.2, 0) is 4.79 Å². The van der Waals surface area contributed by atoms with E-state index in [-0.39, 0.29) is 12.4 Å². The van der Waals surface area contributed by atoms with E-state index in [0.717, 1.165) is 39.0 Å². The van der Waals surface area contributed by atoms with Crippen LogP contribution >= 0.6 is 12.4 Å². The van der Waals surface area contributed by atoms with Crippen LogP contribution in [0.15, 0.2) is 0 Å². The lowest BCUT2D eigenvalue weighted by Gasteiger charge is -2.24. The van der Waals surface area contributed by atoms with Gasteiger partial charge in [0.1, 0.15) is 0 Å². The SMILES string of the molecule is CC1(C)CCCN(C(=O)CC2CCNC2)CC1.Cl. The van der Waals surface area contributed by atoms with Gasteiger partial charge in [-0.15, -0.1) is 12.4 Å². The molecule has 0 aromatic carbocycles. The minimum atomic E-state index is 0. The number of carbonyl (C=O) groups is 1. The first-order valence-electron chi connectivity index (χ1n) is 7.05. The van der Waals surface area contributed by atoms with E-state index in [1.54, 1.807) is 0 Å². The number of hydrogen-bond donors (Lipinski definition) is 1. The summed E-state index contributed by atoms with van der Waals surface area (Å²) in [7, 11) is 0. The molecule has 0 radical (unpaired) electrons. The Balaban J connectivity index is 0.00000162. The van der Waals surface area contributed by atoms with Gasteiger partial charge in [-0.25, -0.2) is 0 Å². The Labute approximate surface area is 117 Å². The van der Waals surface area contributed by atoms with E-state index < -0.39 is 0 Å². The van der Waals surface area contributed by atoms with Gasteiger partial charge in [-0.1, -0.05) is 13.8 Å². The van der Waals surface area contributed by atoms with E-state index in [1.165, 1.54) is 19.3 Å². The van der Waals surface area contributed by atoms with Crippen molar-refractivity contribution in [2.75, 3.05) is 26.2 Å². The molecule has 2 aliphatic rings. The molecule has 4 heteroatoms. The molecule has 1 unspecified atom stereocenters. The molecule has 1 atom stereocenters. The van der Waals surface area contributed by atoms with Crippen molar-refractivity contribution in [3.63, 3.8) is 0 Å². The third-order valence-electron chi connectivity index (χ3n) is 4.32. The molecule has 0 aliphatic carbocycles. The normalized spacial score (nSPS) is 27.4. The standard InChI is InChI=1S/C14H26N2O.ClH/c1-14(2)5-3-8-16(9-6-14)13(17)10-12-4-7-15-11-12;/h12,15H,3-11H2,1-2H3;1H. The molecule has 2 saturated heterocycles. The van der Waals surface area contributed by atoms with Gasteiger partial charge in [-0.2, -0.15) is 0 Å². The zero-order chi connectivity index (χ0) is 12.3. The molecule has 2 rings (SSSR count). The van der Waals surface area contributed by atoms with Crippen LogP contribution in [0.25, 0.3) is 0 Å². The predicted octanol–water partition coefficient (Wildman–Crippen LogP) is 2.45. The van der Waals surface area contributed by atoms with Gasteiger partial charge in [0.15, 0.2) is 0 Å². The van der Waals surface area contributed by atoms with E-state index >= 15 is 0 Å². The number of halogens is 1. The Morgan fingerprint density at radius 3 is 2.78 bits per heavy atom. The Bertz CT molecular complexity index is 275. The molecule has 0 spiro atoms. The maximum atomic E-state index is 12.2. The van der Waals surface area contributed by atoms with E-state index in [4.69, 9.17) is 0 Å². The third-order valence-corrected chi connectivity index (χ3v) is 4.32. The van der Waals surface area contributed by atoms with E-state index in [2.05, 4.69) is 24.1 Å². The second-order valence-electron chi connectivity index (χ2n) is 6.46. The summed E-state index contributed by atoms with van der Waals surface area (Å²) in [5, 5.41) is 3.34. The molecule has 3 nitrogen and oxygen atoms in total. The fraction of sp³-hybridized carbons (Fsp3) is 0.929. The number of likely N-dealkylation sites (tertiary alicyclic amines) is 1. The number of carbonyl (C=O) groups excluding carboxylic acids is 1. The number of nitrogens with one attached hydrogen (secondary N) is 1. The number of hydrogen-bond acceptors (Lipinski definition) is 2. The van der Waals surface area contributed by atoms with Gasteiger partial charge in [-0.3, -0.25) is 4.79 Å². The van der Waals surface area contributed by atoms with Crippen molar-refractivity contribution in [2.45, 2.75) is 46.0 Å². The number of amides is 1. The maximum Gasteiger partial charge on any atom is 0.222 e. The molecule has 2 aliphatic heterocycles. The van der Waals surface area contributed by atoms with Gasteiger partial charge in [-0.05, 0) is 50.1 Å². The first kappa shape index (κ1) is 15.8. The van der Waals surface area contributed by atoms with Crippen molar-refractivity contribution < 1.29 is 4.79 Å². The van der Waals surface area contributed by atoms with Crippen LogP contribution in [0.3, 0.4) is 0 Å². The van der Waals surface area contributed by atoms with Crippen molar-refractivity contribution in [3.05, 3.63) is 0 Å². The molecule has 2 heterocycles. The van der Waals surface area contributed by atoms with Crippen LogP contribution < -0.4 is 5.32 Å². The molecule has 2 fully saturated rings. The summed E-state index contributed by atoms with van der Waals surface area (Å²) in [4.78, 5) is 14.3. The monoisotopic (exact) mass is 274 g/mol. The third kappa shape index (κ3) is 4.43. The van der Waals surface area contributed by atoms with Crippen molar-refractivity contribution in [1.82, 2.24) is 10.2 Å². The predicted molar refractivity (Wildman–Crippen MR) is 77.1 cm³/mol. The van der Waals surface area contributed by atoms with Crippen LogP contribution in [0.1, 0.15) is 46.0 Å². The van der Waals surface area contributed by atoms with Crippen molar-refractivity contribution in [1.29, 1.82) is 0 Å². The van der Waals surface area contributed by atoms with Crippen molar-refractivity contribution in [3.8, 4) is 0 Å². The second kappa shape index (κ2) is 6.76. The van der Waals surface area contributed by atoms with Gasteiger partial charge in [0.2, 0.25) is 5.91 Å². The van der Waals surface area contributed by atoms with E-state index in [9.17, 15) is 4.79 Å². The van der Waals surface area contributed by atoms with Gasteiger partial charge >= 0.3 is 0 Å². The Hall–Kier alpha value is -0.280. The summed E-state index contributed by atoms with van der Waals surface area (Å²) >= 11 is 0. The van der Waals surface area contributed by atoms with E-state index in [1.807, 2.05) is 0 Å². The smallest absolute Gasteiger partial charge is 0.222 e. The van der Waals surface area contributed by atoms with Crippen LogP contribution in [0.2, 0.25) is 0 Å². The topological polar surface area (TPSA) is 32.3 Å². The van der Waals surface area contributed by atoms with Crippen molar-refractivity contribution in [2.24, 2.45) is 11.3 Å². The van der Waals surface area contributed by atoms with Gasteiger partial charge in [0, 0.05) is 19.5 Å². The van der Waals surface area contributed by atoms with Crippen LogP contribution in [0.4, 0.5) is 0 Å². The molecule has 1 N–H and O–H groups in total. The lowest BCUT2D eigenvalue weighted by molar-refractivity contribution is -0.132. The van der Waals surface area contributed by atoms with Crippen molar-refractivity contribution >= 4 is 18.3 Å². The van der Waals surface area contributed by atoms with Gasteiger partial charge < -0.3 is 10.2 Å². The molecule has 0 aromatic heterocycles. The Morgan fingerprint density at radius 1 is 1.33 bits per heavy atom. The summed E-state index contributed by atoms with van der Waals surface area (Å²) < 4.78 is 0. The lowest BCUT2D eigenvalue weighted by Crippen LogP contribution is -2.33. The average Bonchev–Trinajstić information content (AvgIpc) is 2.68. The average molecular weight is 275 g/mol. The zero-order valence-corrected chi connectivity index (χ0v) is 12.5. The molecular formula is C14H27ClN2O. The summed E-state index contributed by atoms with van der Waals surface area (Å²) in [6, 6.07) is 0. The van der Waals surface area contributed by atoms with E-state index in [0.29, 0.717) is 17.2 Å². The molecular weight excluding hydrogens is 248 g/mol. The quantitative estimate of drug-likeness (QED) is 0.839. The van der Waals surface area contributed by atoms with Gasteiger partial charge in [0.25, 0.3) is 0 Å². The molecule has 0 aromatic rings. The minimum absolute atomic E-state index is 0. The largest absolute Gasteiger partial charge is 0.343 e. The fourth-order valence-corrected chi connectivity index (χ4v) is 2.94. The zero-order valence-electron chi connectivity index (χ0n) is 11.7. The molecule has 1 amide bonds. The molecule has 0 bridgehead atoms. The Kier molecular flexibility index (Phi) is 5.93. The summed E-state index contributed by atoms with van der Waals surface area (Å²) in [6.07, 6.45) is 5.50. The highest BCUT2D eigenvalue weighted by Crippen LogP contribution is 2.30. The number of rotatable bonds is 2. The van der Waals surface area contributed by atoms with Crippen LogP contribution in [-0.4, -0.2) is 37.0 Å². The summed E-state index contributed by atoms with van der Waals surface area (Å²) in [5.74, 6) is 0.968. The molecule has 0 saturated carbocycles. The van der Waals surface area contributed by atoms with Gasteiger partial charge in [0.05, 0.1) is 0 Å². The molecule has 18 heavy (non-hydrogen) atoms. The highest BCUT2D eigenvalue weighted by Gasteiger charge is 2.27. The summed E-state index contributed by atoms with van der Waals surface area (Å²) in [5.41, 5.74) is 0.421. The second-order valence-corrected chi connectivity index (χ2v) is 6.46. The number of nitrogens with zero attached hydrogens (tertiary/aromatic N) is 1. The minimum Gasteiger partial charge on any atom is -0.343 e. The highest BCUT2D eigenvalue weighted by atomic mass is 35.5. The van der Waals surface area contributed by atoms with Crippen LogP contribution in [0, 0.1) is 11.3 Å². The maximum absolute atomic E-state index is 12.2. The lowest BCUT2D eigenvalue weighted by atomic mass is 9.85. The molecule has 106 valence electrons. The van der Waals surface area contributed by atoms with Crippen LogP contribution in [0.5, 0.6) is 0 Å². The summed E-state index contributed by atoms with van der Waals surface area (Å²) in [6.45, 7) is 8.70. The highest BCUT2D eigenvalue weighted by molar-refractivity contribution is 5.85. The fourth-order valence-electron chi connectivity index (χ4n) is 2.94.